The lowest BCUT2D eigenvalue weighted by Crippen LogP contribution is -2.30. The van der Waals surface area contributed by atoms with Crippen LogP contribution in [0.15, 0.2) is 62.9 Å². The fraction of sp³-hybridized carbons (Fsp3) is 0.269. The lowest BCUT2D eigenvalue weighted by molar-refractivity contribution is -0.134. The SMILES string of the molecule is CC(=O)O.c1cc2cc(-c3ccc4oc(C5=NCCCN5)cc4c3)[nH]c2cc1C1=NCCCN1. The summed E-state index contributed by atoms with van der Waals surface area (Å²) < 4.78 is 6.02. The van der Waals surface area contributed by atoms with E-state index >= 15 is 0 Å². The normalized spacial score (nSPS) is 15.6. The van der Waals surface area contributed by atoms with Gasteiger partial charge in [0, 0.05) is 60.6 Å². The van der Waals surface area contributed by atoms with Crippen LogP contribution in [-0.4, -0.2) is 53.9 Å². The van der Waals surface area contributed by atoms with Gasteiger partial charge in [0.1, 0.15) is 11.4 Å². The first-order valence-corrected chi connectivity index (χ1v) is 11.5. The van der Waals surface area contributed by atoms with Gasteiger partial charge < -0.3 is 25.1 Å². The number of H-pyrrole nitrogens is 1. The van der Waals surface area contributed by atoms with Crippen molar-refractivity contribution in [3.8, 4) is 11.3 Å². The van der Waals surface area contributed by atoms with Crippen LogP contribution in [0, 0.1) is 0 Å². The number of carbonyl (C=O) groups is 1. The Bertz CT molecular complexity index is 1380. The molecule has 0 atom stereocenters. The summed E-state index contributed by atoms with van der Waals surface area (Å²) in [5, 5.41) is 16.4. The Hall–Kier alpha value is -4.07. The Kier molecular flexibility index (Phi) is 6.03. The van der Waals surface area contributed by atoms with E-state index in [4.69, 9.17) is 14.3 Å². The maximum Gasteiger partial charge on any atom is 0.300 e. The lowest BCUT2D eigenvalue weighted by Gasteiger charge is -2.14. The highest BCUT2D eigenvalue weighted by Crippen LogP contribution is 2.29. The first kappa shape index (κ1) is 21.8. The van der Waals surface area contributed by atoms with Crippen molar-refractivity contribution in [1.82, 2.24) is 15.6 Å². The van der Waals surface area contributed by atoms with Gasteiger partial charge in [-0.05, 0) is 54.8 Å². The second kappa shape index (κ2) is 9.43. The first-order valence-electron chi connectivity index (χ1n) is 11.5. The molecule has 0 radical (unpaired) electrons. The predicted octanol–water partition coefficient (Wildman–Crippen LogP) is 4.15. The van der Waals surface area contributed by atoms with Crippen LogP contribution >= 0.6 is 0 Å². The summed E-state index contributed by atoms with van der Waals surface area (Å²) in [6, 6.07) is 17.1. The minimum Gasteiger partial charge on any atom is -0.481 e. The molecule has 2 aromatic heterocycles. The molecule has 0 saturated heterocycles. The van der Waals surface area contributed by atoms with Crippen LogP contribution in [0.2, 0.25) is 0 Å². The highest BCUT2D eigenvalue weighted by molar-refractivity contribution is 6.03. The number of fused-ring (bicyclic) bond motifs is 2. The van der Waals surface area contributed by atoms with E-state index in [2.05, 4.69) is 68.1 Å². The second-order valence-corrected chi connectivity index (χ2v) is 8.39. The number of carboxylic acid groups (broad SMARTS) is 1. The number of carboxylic acids is 1. The van der Waals surface area contributed by atoms with Gasteiger partial charge in [0.25, 0.3) is 5.97 Å². The monoisotopic (exact) mass is 457 g/mol. The van der Waals surface area contributed by atoms with E-state index in [0.29, 0.717) is 0 Å². The molecule has 2 aliphatic rings. The Morgan fingerprint density at radius 2 is 1.59 bits per heavy atom. The fourth-order valence-corrected chi connectivity index (χ4v) is 4.18. The minimum atomic E-state index is -0.833. The highest BCUT2D eigenvalue weighted by atomic mass is 16.4. The predicted molar refractivity (Wildman–Crippen MR) is 135 cm³/mol. The van der Waals surface area contributed by atoms with E-state index in [1.165, 1.54) is 5.39 Å². The number of aliphatic imine (C=N–C) groups is 2. The number of nitrogens with one attached hydrogen (secondary N) is 3. The Morgan fingerprint density at radius 3 is 2.29 bits per heavy atom. The van der Waals surface area contributed by atoms with Gasteiger partial charge in [-0.1, -0.05) is 12.1 Å². The van der Waals surface area contributed by atoms with Gasteiger partial charge in [-0.25, -0.2) is 0 Å². The molecular formula is C26H27N5O3. The molecule has 2 aliphatic heterocycles. The van der Waals surface area contributed by atoms with Crippen LogP contribution in [0.4, 0.5) is 0 Å². The molecule has 2 aromatic carbocycles. The third-order valence-corrected chi connectivity index (χ3v) is 5.75. The molecule has 0 aliphatic carbocycles. The number of furan rings is 1. The Labute approximate surface area is 196 Å². The van der Waals surface area contributed by atoms with Gasteiger partial charge in [0.2, 0.25) is 0 Å². The number of hydrogen-bond donors (Lipinski definition) is 4. The number of benzene rings is 2. The van der Waals surface area contributed by atoms with Crippen molar-refractivity contribution in [2.75, 3.05) is 26.2 Å². The third kappa shape index (κ3) is 4.66. The molecule has 4 N–H and O–H groups in total. The number of aliphatic carboxylic acids is 1. The number of hydrogen-bond acceptors (Lipinski definition) is 6. The van der Waals surface area contributed by atoms with Gasteiger partial charge in [0.15, 0.2) is 11.6 Å². The van der Waals surface area contributed by atoms with E-state index in [1.54, 1.807) is 0 Å². The number of aromatic amines is 1. The van der Waals surface area contributed by atoms with Crippen LogP contribution in [0.1, 0.15) is 31.1 Å². The number of amidine groups is 2. The zero-order valence-corrected chi connectivity index (χ0v) is 19.0. The van der Waals surface area contributed by atoms with Crippen molar-refractivity contribution in [1.29, 1.82) is 0 Å². The van der Waals surface area contributed by atoms with Crippen LogP contribution in [-0.2, 0) is 4.79 Å². The average molecular weight is 458 g/mol. The smallest absolute Gasteiger partial charge is 0.300 e. The maximum absolute atomic E-state index is 9.00. The fourth-order valence-electron chi connectivity index (χ4n) is 4.18. The van der Waals surface area contributed by atoms with Crippen molar-refractivity contribution >= 4 is 39.5 Å². The Morgan fingerprint density at radius 1 is 0.882 bits per heavy atom. The standard InChI is InChI=1S/C24H23N5O.C2H4O2/c1-7-25-23(26-8-1)17-4-3-16-12-19(29-20(16)13-17)15-5-6-21-18(11-15)14-22(30-21)24-27-9-2-10-28-24;1-2(3)4/h3-6,11-14,29H,1-2,7-10H2,(H,25,26)(H,27,28);1H3,(H,3,4). The zero-order chi connectivity index (χ0) is 23.5. The molecule has 174 valence electrons. The zero-order valence-electron chi connectivity index (χ0n) is 19.0. The lowest BCUT2D eigenvalue weighted by atomic mass is 10.1. The molecule has 8 heteroatoms. The summed E-state index contributed by atoms with van der Waals surface area (Å²) in [5.41, 5.74) is 5.36. The van der Waals surface area contributed by atoms with Crippen molar-refractivity contribution in [3.05, 3.63) is 59.9 Å². The molecule has 8 nitrogen and oxygen atoms in total. The molecule has 0 spiro atoms. The third-order valence-electron chi connectivity index (χ3n) is 5.75. The van der Waals surface area contributed by atoms with Crippen molar-refractivity contribution in [3.63, 3.8) is 0 Å². The maximum atomic E-state index is 9.00. The van der Waals surface area contributed by atoms with E-state index < -0.39 is 5.97 Å². The number of rotatable bonds is 3. The van der Waals surface area contributed by atoms with E-state index in [0.717, 1.165) is 96.7 Å². The summed E-state index contributed by atoms with van der Waals surface area (Å²) >= 11 is 0. The van der Waals surface area contributed by atoms with Crippen LogP contribution in [0.5, 0.6) is 0 Å². The van der Waals surface area contributed by atoms with Gasteiger partial charge in [0.05, 0.1) is 0 Å². The van der Waals surface area contributed by atoms with Gasteiger partial charge in [-0.15, -0.1) is 0 Å². The number of nitrogens with zero attached hydrogens (tertiary/aromatic N) is 2. The highest BCUT2D eigenvalue weighted by Gasteiger charge is 2.14. The van der Waals surface area contributed by atoms with Gasteiger partial charge in [-0.3, -0.25) is 14.8 Å². The van der Waals surface area contributed by atoms with Gasteiger partial charge in [-0.2, -0.15) is 0 Å². The summed E-state index contributed by atoms with van der Waals surface area (Å²) in [5.74, 6) is 1.83. The van der Waals surface area contributed by atoms with Crippen molar-refractivity contribution < 1.29 is 14.3 Å². The molecule has 4 aromatic rings. The molecule has 0 fully saturated rings. The molecule has 0 bridgehead atoms. The second-order valence-electron chi connectivity index (χ2n) is 8.39. The summed E-state index contributed by atoms with van der Waals surface area (Å²) in [6.45, 7) is 4.76. The average Bonchev–Trinajstić information content (AvgIpc) is 3.48. The molecular weight excluding hydrogens is 430 g/mol. The van der Waals surface area contributed by atoms with Crippen LogP contribution in [0.25, 0.3) is 33.1 Å². The summed E-state index contributed by atoms with van der Waals surface area (Å²) in [7, 11) is 0. The quantitative estimate of drug-likeness (QED) is 0.369. The molecule has 6 rings (SSSR count). The van der Waals surface area contributed by atoms with Crippen LogP contribution < -0.4 is 10.6 Å². The molecule has 0 amide bonds. The molecule has 34 heavy (non-hydrogen) atoms. The van der Waals surface area contributed by atoms with Crippen molar-refractivity contribution in [2.24, 2.45) is 9.98 Å². The largest absolute Gasteiger partial charge is 0.481 e. The molecule has 0 unspecified atom stereocenters. The van der Waals surface area contributed by atoms with Crippen molar-refractivity contribution in [2.45, 2.75) is 19.8 Å². The van der Waals surface area contributed by atoms with E-state index in [-0.39, 0.29) is 0 Å². The summed E-state index contributed by atoms with van der Waals surface area (Å²) in [6.07, 6.45) is 2.17. The van der Waals surface area contributed by atoms with E-state index in [9.17, 15) is 0 Å². The van der Waals surface area contributed by atoms with E-state index in [1.807, 2.05) is 6.07 Å². The Balaban J connectivity index is 0.000000560. The minimum absolute atomic E-state index is 0.809. The van der Waals surface area contributed by atoms with Crippen LogP contribution in [0.3, 0.4) is 0 Å². The molecule has 0 saturated carbocycles. The molecule has 4 heterocycles. The summed E-state index contributed by atoms with van der Waals surface area (Å²) in [4.78, 5) is 21.7. The van der Waals surface area contributed by atoms with Gasteiger partial charge >= 0.3 is 0 Å². The topological polar surface area (TPSA) is 115 Å². The number of aromatic nitrogens is 1. The first-order chi connectivity index (χ1) is 16.6.